The van der Waals surface area contributed by atoms with Crippen LogP contribution in [0, 0.1) is 0 Å². The van der Waals surface area contributed by atoms with E-state index in [9.17, 15) is 4.79 Å². The van der Waals surface area contributed by atoms with Crippen LogP contribution >= 0.6 is 0 Å². The maximum absolute atomic E-state index is 10.8. The lowest BCUT2D eigenvalue weighted by molar-refractivity contribution is -0.131. The van der Waals surface area contributed by atoms with Gasteiger partial charge in [-0.05, 0) is 23.3 Å². The molecule has 2 N–H and O–H groups in total. The first-order valence-corrected chi connectivity index (χ1v) is 4.81. The maximum Gasteiger partial charge on any atom is 0.308 e. The number of carbonyl (C=O) groups is 1. The molecule has 0 aromatic heterocycles. The summed E-state index contributed by atoms with van der Waals surface area (Å²) in [6, 6.07) is 5.36. The maximum atomic E-state index is 10.8. The summed E-state index contributed by atoms with van der Waals surface area (Å²) >= 11 is 0. The van der Waals surface area contributed by atoms with Crippen LogP contribution in [-0.4, -0.2) is 12.6 Å². The molecule has 0 saturated carbocycles. The lowest BCUT2D eigenvalue weighted by Crippen LogP contribution is -2.23. The van der Waals surface area contributed by atoms with Gasteiger partial charge in [-0.2, -0.15) is 0 Å². The van der Waals surface area contributed by atoms with Crippen molar-refractivity contribution < 1.29 is 14.3 Å². The third-order valence-electron chi connectivity index (χ3n) is 2.33. The topological polar surface area (TPSA) is 61.5 Å². The van der Waals surface area contributed by atoms with Gasteiger partial charge in [0.05, 0.1) is 19.3 Å². The van der Waals surface area contributed by atoms with Crippen molar-refractivity contribution in [2.75, 3.05) is 6.61 Å². The minimum atomic E-state index is -0.323. The van der Waals surface area contributed by atoms with Crippen molar-refractivity contribution in [3.63, 3.8) is 0 Å². The zero-order valence-electron chi connectivity index (χ0n) is 8.53. The van der Waals surface area contributed by atoms with E-state index in [-0.39, 0.29) is 12.0 Å². The minimum Gasteiger partial charge on any atom is -0.427 e. The van der Waals surface area contributed by atoms with Gasteiger partial charge in [-0.25, -0.2) is 0 Å². The van der Waals surface area contributed by atoms with Gasteiger partial charge < -0.3 is 15.2 Å². The zero-order valence-corrected chi connectivity index (χ0v) is 8.53. The van der Waals surface area contributed by atoms with Gasteiger partial charge in [-0.15, -0.1) is 0 Å². The smallest absolute Gasteiger partial charge is 0.308 e. The predicted octanol–water partition coefficient (Wildman–Crippen LogP) is 1.14. The first kappa shape index (κ1) is 10.1. The summed E-state index contributed by atoms with van der Waals surface area (Å²) in [5, 5.41) is 0. The van der Waals surface area contributed by atoms with Gasteiger partial charge in [0.1, 0.15) is 5.75 Å². The van der Waals surface area contributed by atoms with Gasteiger partial charge in [0, 0.05) is 6.92 Å². The molecule has 1 aliphatic rings. The molecule has 1 atom stereocenters. The van der Waals surface area contributed by atoms with Crippen LogP contribution in [0.5, 0.6) is 5.75 Å². The molecule has 1 aromatic rings. The van der Waals surface area contributed by atoms with E-state index in [0.29, 0.717) is 19.0 Å². The van der Waals surface area contributed by atoms with Gasteiger partial charge in [0.15, 0.2) is 0 Å². The zero-order chi connectivity index (χ0) is 10.8. The number of esters is 1. The highest BCUT2D eigenvalue weighted by atomic mass is 16.5. The van der Waals surface area contributed by atoms with Crippen LogP contribution < -0.4 is 10.5 Å². The monoisotopic (exact) mass is 207 g/mol. The summed E-state index contributed by atoms with van der Waals surface area (Å²) in [4.78, 5) is 10.8. The molecule has 0 bridgehead atoms. The summed E-state index contributed by atoms with van der Waals surface area (Å²) in [6.45, 7) is 2.44. The third-order valence-corrected chi connectivity index (χ3v) is 2.33. The average molecular weight is 207 g/mol. The minimum absolute atomic E-state index is 0.0832. The van der Waals surface area contributed by atoms with Gasteiger partial charge in [0.25, 0.3) is 0 Å². The Balaban J connectivity index is 2.29. The number of hydrogen-bond acceptors (Lipinski definition) is 4. The number of fused-ring (bicyclic) bond motifs is 1. The Morgan fingerprint density at radius 1 is 1.60 bits per heavy atom. The molecule has 4 nitrogen and oxygen atoms in total. The molecule has 0 amide bonds. The lowest BCUT2D eigenvalue weighted by Gasteiger charge is -2.22. The molecule has 1 aromatic carbocycles. The summed E-state index contributed by atoms with van der Waals surface area (Å²) in [6.07, 6.45) is 0. The van der Waals surface area contributed by atoms with Crippen molar-refractivity contribution in [1.82, 2.24) is 0 Å². The Morgan fingerprint density at radius 2 is 2.40 bits per heavy atom. The van der Waals surface area contributed by atoms with Crippen LogP contribution in [-0.2, 0) is 16.1 Å². The molecule has 0 spiro atoms. The Morgan fingerprint density at radius 3 is 3.13 bits per heavy atom. The van der Waals surface area contributed by atoms with Gasteiger partial charge in [0.2, 0.25) is 0 Å². The Kier molecular flexibility index (Phi) is 2.70. The summed E-state index contributed by atoms with van der Waals surface area (Å²) < 4.78 is 10.3. The Hall–Kier alpha value is -1.39. The SMILES string of the molecule is CC(=O)Oc1ccc2c(c1)COC[C@H]2N. The number of carbonyl (C=O) groups excluding carboxylic acids is 1. The van der Waals surface area contributed by atoms with Crippen molar-refractivity contribution in [3.05, 3.63) is 29.3 Å². The lowest BCUT2D eigenvalue weighted by atomic mass is 9.99. The van der Waals surface area contributed by atoms with Crippen molar-refractivity contribution in [2.45, 2.75) is 19.6 Å². The van der Waals surface area contributed by atoms with Gasteiger partial charge in [-0.1, -0.05) is 6.07 Å². The standard InChI is InChI=1S/C11H13NO3/c1-7(13)15-9-2-3-10-8(4-9)5-14-6-11(10)12/h2-4,11H,5-6,12H2,1H3/t11-/m1/s1. The number of ether oxygens (including phenoxy) is 2. The van der Waals surface area contributed by atoms with E-state index in [1.54, 1.807) is 12.1 Å². The number of hydrogen-bond donors (Lipinski definition) is 1. The van der Waals surface area contributed by atoms with Gasteiger partial charge in [-0.3, -0.25) is 4.79 Å². The fourth-order valence-electron chi connectivity index (χ4n) is 1.68. The van der Waals surface area contributed by atoms with E-state index in [0.717, 1.165) is 11.1 Å². The highest BCUT2D eigenvalue weighted by molar-refractivity contribution is 5.69. The fourth-order valence-corrected chi connectivity index (χ4v) is 1.68. The van der Waals surface area contributed by atoms with E-state index in [1.165, 1.54) is 6.92 Å². The quantitative estimate of drug-likeness (QED) is 0.554. The normalized spacial score (nSPS) is 19.5. The van der Waals surface area contributed by atoms with Crippen LogP contribution in [0.15, 0.2) is 18.2 Å². The van der Waals surface area contributed by atoms with E-state index in [2.05, 4.69) is 0 Å². The number of benzene rings is 1. The van der Waals surface area contributed by atoms with Crippen LogP contribution in [0.4, 0.5) is 0 Å². The molecule has 0 fully saturated rings. The van der Waals surface area contributed by atoms with Crippen LogP contribution in [0.2, 0.25) is 0 Å². The van der Waals surface area contributed by atoms with E-state index in [1.807, 2.05) is 6.07 Å². The Bertz CT molecular complexity index is 389. The fraction of sp³-hybridized carbons (Fsp3) is 0.364. The Labute approximate surface area is 88.0 Å². The van der Waals surface area contributed by atoms with E-state index >= 15 is 0 Å². The molecule has 15 heavy (non-hydrogen) atoms. The van der Waals surface area contributed by atoms with Crippen molar-refractivity contribution >= 4 is 5.97 Å². The van der Waals surface area contributed by atoms with Crippen molar-refractivity contribution in [3.8, 4) is 5.75 Å². The van der Waals surface area contributed by atoms with Crippen molar-refractivity contribution in [2.24, 2.45) is 5.73 Å². The second kappa shape index (κ2) is 4.00. The molecule has 0 radical (unpaired) electrons. The predicted molar refractivity (Wildman–Crippen MR) is 54.3 cm³/mol. The molecular formula is C11H13NO3. The van der Waals surface area contributed by atoms with Gasteiger partial charge >= 0.3 is 5.97 Å². The van der Waals surface area contributed by atoms with Crippen molar-refractivity contribution in [1.29, 1.82) is 0 Å². The molecule has 0 aliphatic carbocycles. The molecule has 2 rings (SSSR count). The summed E-state index contributed by atoms with van der Waals surface area (Å²) in [7, 11) is 0. The summed E-state index contributed by atoms with van der Waals surface area (Å²) in [5.74, 6) is 0.218. The van der Waals surface area contributed by atoms with Crippen LogP contribution in [0.3, 0.4) is 0 Å². The summed E-state index contributed by atoms with van der Waals surface area (Å²) in [5.41, 5.74) is 7.92. The average Bonchev–Trinajstić information content (AvgIpc) is 2.17. The molecule has 4 heteroatoms. The second-order valence-corrected chi connectivity index (χ2v) is 3.58. The second-order valence-electron chi connectivity index (χ2n) is 3.58. The first-order chi connectivity index (χ1) is 7.16. The molecular weight excluding hydrogens is 194 g/mol. The molecule has 80 valence electrons. The largest absolute Gasteiger partial charge is 0.427 e. The number of nitrogens with two attached hydrogens (primary N) is 1. The van der Waals surface area contributed by atoms with E-state index < -0.39 is 0 Å². The van der Waals surface area contributed by atoms with Crippen LogP contribution in [0.1, 0.15) is 24.1 Å². The molecule has 0 saturated heterocycles. The highest BCUT2D eigenvalue weighted by Gasteiger charge is 2.17. The van der Waals surface area contributed by atoms with Crippen LogP contribution in [0.25, 0.3) is 0 Å². The third kappa shape index (κ3) is 2.16. The molecule has 1 aliphatic heterocycles. The molecule has 0 unspecified atom stereocenters. The highest BCUT2D eigenvalue weighted by Crippen LogP contribution is 2.26. The van der Waals surface area contributed by atoms with E-state index in [4.69, 9.17) is 15.2 Å². The number of rotatable bonds is 1. The molecule has 1 heterocycles. The first-order valence-electron chi connectivity index (χ1n) is 4.81.